The highest BCUT2D eigenvalue weighted by Gasteiger charge is 2.41. The molecule has 1 fully saturated rings. The zero-order chi connectivity index (χ0) is 27.6. The van der Waals surface area contributed by atoms with Crippen LogP contribution in [0.4, 0.5) is 13.2 Å². The monoisotopic (exact) mass is 529 g/mol. The van der Waals surface area contributed by atoms with E-state index in [1.807, 2.05) is 48.5 Å². The van der Waals surface area contributed by atoms with Crippen LogP contribution in [0.1, 0.15) is 36.0 Å². The maximum absolute atomic E-state index is 12.0. The SMILES string of the molecule is Cc1cccc(OCCCN2CCC(C(O)(c3ccccc3)c3ccccc3)CC2)c1.O=C(O)C(F)(F)F. The van der Waals surface area contributed by atoms with Crippen LogP contribution in [-0.2, 0) is 10.4 Å². The van der Waals surface area contributed by atoms with Crippen LogP contribution in [0, 0.1) is 12.8 Å². The minimum atomic E-state index is -5.08. The number of likely N-dealkylation sites (tertiary alicyclic amines) is 1. The molecule has 0 radical (unpaired) electrons. The number of aliphatic hydroxyl groups is 1. The number of nitrogens with zero attached hydrogens (tertiary/aromatic N) is 1. The van der Waals surface area contributed by atoms with E-state index in [-0.39, 0.29) is 5.92 Å². The fourth-order valence-corrected chi connectivity index (χ4v) is 4.78. The summed E-state index contributed by atoms with van der Waals surface area (Å²) >= 11 is 0. The summed E-state index contributed by atoms with van der Waals surface area (Å²) in [6.45, 7) is 5.88. The number of carboxylic acids is 1. The van der Waals surface area contributed by atoms with E-state index in [1.54, 1.807) is 0 Å². The van der Waals surface area contributed by atoms with E-state index in [9.17, 15) is 18.3 Å². The molecule has 0 spiro atoms. The zero-order valence-electron chi connectivity index (χ0n) is 21.4. The van der Waals surface area contributed by atoms with Gasteiger partial charge in [-0.2, -0.15) is 13.2 Å². The number of carboxylic acid groups (broad SMARTS) is 1. The number of halogens is 3. The van der Waals surface area contributed by atoms with E-state index >= 15 is 0 Å². The average molecular weight is 530 g/mol. The summed E-state index contributed by atoms with van der Waals surface area (Å²) < 4.78 is 37.6. The number of benzene rings is 3. The van der Waals surface area contributed by atoms with Gasteiger partial charge in [0.2, 0.25) is 0 Å². The first-order valence-electron chi connectivity index (χ1n) is 12.7. The lowest BCUT2D eigenvalue weighted by Crippen LogP contribution is -2.44. The lowest BCUT2D eigenvalue weighted by atomic mass is 9.72. The van der Waals surface area contributed by atoms with Gasteiger partial charge in [-0.25, -0.2) is 4.79 Å². The molecule has 0 bridgehead atoms. The fourth-order valence-electron chi connectivity index (χ4n) is 4.78. The first kappa shape index (κ1) is 29.2. The van der Waals surface area contributed by atoms with Crippen molar-refractivity contribution < 1.29 is 32.9 Å². The molecule has 1 aliphatic rings. The maximum atomic E-state index is 12.0. The predicted molar refractivity (Wildman–Crippen MR) is 140 cm³/mol. The van der Waals surface area contributed by atoms with Gasteiger partial charge in [0, 0.05) is 6.54 Å². The Morgan fingerprint density at radius 2 is 1.45 bits per heavy atom. The summed E-state index contributed by atoms with van der Waals surface area (Å²) in [5.41, 5.74) is 2.27. The summed E-state index contributed by atoms with van der Waals surface area (Å²) in [7, 11) is 0. The van der Waals surface area contributed by atoms with Crippen molar-refractivity contribution in [2.75, 3.05) is 26.2 Å². The van der Waals surface area contributed by atoms with Crippen LogP contribution in [0.15, 0.2) is 84.9 Å². The van der Waals surface area contributed by atoms with Crippen LogP contribution in [0.3, 0.4) is 0 Å². The van der Waals surface area contributed by atoms with Gasteiger partial charge in [-0.1, -0.05) is 72.8 Å². The zero-order valence-corrected chi connectivity index (χ0v) is 21.4. The minimum Gasteiger partial charge on any atom is -0.494 e. The van der Waals surface area contributed by atoms with Crippen molar-refractivity contribution in [3.05, 3.63) is 102 Å². The molecule has 2 N–H and O–H groups in total. The number of aliphatic carboxylic acids is 1. The highest BCUT2D eigenvalue weighted by molar-refractivity contribution is 5.73. The van der Waals surface area contributed by atoms with Gasteiger partial charge in [-0.05, 0) is 74.0 Å². The van der Waals surface area contributed by atoms with Crippen molar-refractivity contribution in [1.29, 1.82) is 0 Å². The lowest BCUT2D eigenvalue weighted by molar-refractivity contribution is -0.192. The molecule has 1 saturated heterocycles. The van der Waals surface area contributed by atoms with Gasteiger partial charge in [-0.15, -0.1) is 0 Å². The van der Waals surface area contributed by atoms with Crippen molar-refractivity contribution in [2.24, 2.45) is 5.92 Å². The standard InChI is InChI=1S/C28H33NO2.C2HF3O2/c1-23-10-8-15-27(22-23)31-21-9-18-29-19-16-26(17-20-29)28(30,24-11-4-2-5-12-24)25-13-6-3-7-14-25;3-2(4,5)1(6)7/h2-8,10-15,22,26,30H,9,16-21H2,1H3;(H,6,7). The second kappa shape index (κ2) is 13.4. The average Bonchev–Trinajstić information content (AvgIpc) is 2.92. The summed E-state index contributed by atoms with van der Waals surface area (Å²) in [4.78, 5) is 11.4. The molecule has 1 aliphatic heterocycles. The van der Waals surface area contributed by atoms with Crippen molar-refractivity contribution in [3.8, 4) is 5.75 Å². The van der Waals surface area contributed by atoms with Gasteiger partial charge in [0.1, 0.15) is 11.4 Å². The molecule has 8 heteroatoms. The topological polar surface area (TPSA) is 70.0 Å². The molecule has 0 aliphatic carbocycles. The smallest absolute Gasteiger partial charge is 0.490 e. The highest BCUT2D eigenvalue weighted by Crippen LogP contribution is 2.41. The first-order valence-corrected chi connectivity index (χ1v) is 12.7. The molecule has 38 heavy (non-hydrogen) atoms. The van der Waals surface area contributed by atoms with Crippen LogP contribution in [0.25, 0.3) is 0 Å². The molecule has 0 atom stereocenters. The van der Waals surface area contributed by atoms with Crippen LogP contribution in [0.2, 0.25) is 0 Å². The Hall–Kier alpha value is -3.36. The Bertz CT molecular complexity index is 1090. The number of hydrogen-bond donors (Lipinski definition) is 2. The summed E-state index contributed by atoms with van der Waals surface area (Å²) in [6.07, 6.45) is -2.10. The minimum absolute atomic E-state index is 0.206. The van der Waals surface area contributed by atoms with Gasteiger partial charge in [0.15, 0.2) is 0 Å². The summed E-state index contributed by atoms with van der Waals surface area (Å²) in [5, 5.41) is 19.1. The second-order valence-corrected chi connectivity index (χ2v) is 9.44. The molecule has 5 nitrogen and oxygen atoms in total. The predicted octanol–water partition coefficient (Wildman–Crippen LogP) is 6.05. The molecule has 204 valence electrons. The van der Waals surface area contributed by atoms with Crippen molar-refractivity contribution in [3.63, 3.8) is 0 Å². The van der Waals surface area contributed by atoms with Crippen LogP contribution >= 0.6 is 0 Å². The molecule has 0 saturated carbocycles. The number of piperidine rings is 1. The normalized spacial score (nSPS) is 14.9. The van der Waals surface area contributed by atoms with Gasteiger partial charge in [-0.3, -0.25) is 0 Å². The summed E-state index contributed by atoms with van der Waals surface area (Å²) in [5.74, 6) is -1.60. The number of carbonyl (C=O) groups is 1. The van der Waals surface area contributed by atoms with Gasteiger partial charge in [0.25, 0.3) is 0 Å². The van der Waals surface area contributed by atoms with Crippen molar-refractivity contribution >= 4 is 5.97 Å². The maximum Gasteiger partial charge on any atom is 0.490 e. The number of aryl methyl sites for hydroxylation is 1. The van der Waals surface area contributed by atoms with Gasteiger partial charge >= 0.3 is 12.1 Å². The highest BCUT2D eigenvalue weighted by atomic mass is 19.4. The lowest BCUT2D eigenvalue weighted by Gasteiger charge is -2.42. The molecule has 0 unspecified atom stereocenters. The molecule has 3 aromatic carbocycles. The van der Waals surface area contributed by atoms with E-state index in [1.165, 1.54) is 5.56 Å². The van der Waals surface area contributed by atoms with Crippen LogP contribution in [0.5, 0.6) is 5.75 Å². The number of hydrogen-bond acceptors (Lipinski definition) is 4. The first-order chi connectivity index (χ1) is 18.1. The Labute approximate surface area is 221 Å². The molecular formula is C30H34F3NO4. The third kappa shape index (κ3) is 8.07. The largest absolute Gasteiger partial charge is 0.494 e. The summed E-state index contributed by atoms with van der Waals surface area (Å²) in [6, 6.07) is 28.6. The van der Waals surface area contributed by atoms with E-state index in [4.69, 9.17) is 14.6 Å². The Kier molecular flexibility index (Phi) is 10.3. The number of alkyl halides is 3. The van der Waals surface area contributed by atoms with Crippen LogP contribution in [-0.4, -0.2) is 53.5 Å². The molecule has 0 aromatic heterocycles. The van der Waals surface area contributed by atoms with Crippen molar-refractivity contribution in [2.45, 2.75) is 38.0 Å². The molecule has 4 rings (SSSR count). The van der Waals surface area contributed by atoms with E-state index in [0.29, 0.717) is 0 Å². The molecule has 3 aromatic rings. The molecule has 0 amide bonds. The molecular weight excluding hydrogens is 495 g/mol. The quantitative estimate of drug-likeness (QED) is 0.348. The van der Waals surface area contributed by atoms with Gasteiger partial charge in [0.05, 0.1) is 6.61 Å². The Morgan fingerprint density at radius 3 is 1.92 bits per heavy atom. The number of rotatable bonds is 8. The van der Waals surface area contributed by atoms with E-state index < -0.39 is 17.7 Å². The Balaban J connectivity index is 0.000000505. The van der Waals surface area contributed by atoms with E-state index in [2.05, 4.69) is 48.2 Å². The Morgan fingerprint density at radius 1 is 0.921 bits per heavy atom. The van der Waals surface area contributed by atoms with Gasteiger partial charge < -0.3 is 19.8 Å². The number of ether oxygens (including phenoxy) is 1. The van der Waals surface area contributed by atoms with E-state index in [0.717, 1.165) is 62.4 Å². The van der Waals surface area contributed by atoms with Crippen molar-refractivity contribution in [1.82, 2.24) is 4.90 Å². The second-order valence-electron chi connectivity index (χ2n) is 9.44. The molecule has 1 heterocycles. The van der Waals surface area contributed by atoms with Crippen LogP contribution < -0.4 is 4.74 Å². The third-order valence-electron chi connectivity index (χ3n) is 6.73. The fraction of sp³-hybridized carbons (Fsp3) is 0.367. The third-order valence-corrected chi connectivity index (χ3v) is 6.73.